The van der Waals surface area contributed by atoms with Gasteiger partial charge < -0.3 is 37.6 Å². The number of rotatable bonds is 10. The summed E-state index contributed by atoms with van der Waals surface area (Å²) in [6, 6.07) is 58.6. The summed E-state index contributed by atoms with van der Waals surface area (Å²) in [5.74, 6) is 2.68. The minimum Gasteiger partial charge on any atom is -0.493 e. The number of fused-ring (bicyclic) bond motifs is 8. The average Bonchev–Trinajstić information content (AvgIpc) is 3.85. The summed E-state index contributed by atoms with van der Waals surface area (Å²) >= 11 is 0. The third-order valence-corrected chi connectivity index (χ3v) is 11.7. The van der Waals surface area contributed by atoms with E-state index in [0.29, 0.717) is 23.0 Å². The van der Waals surface area contributed by atoms with Crippen molar-refractivity contribution in [2.75, 3.05) is 38.2 Å². The van der Waals surface area contributed by atoms with Gasteiger partial charge in [0.25, 0.3) is 0 Å². The van der Waals surface area contributed by atoms with E-state index in [2.05, 4.69) is 107 Å². The second kappa shape index (κ2) is 14.9. The normalized spacial score (nSPS) is 11.5. The molecule has 0 aliphatic carbocycles. The molecule has 0 saturated carbocycles. The molecule has 0 spiro atoms. The van der Waals surface area contributed by atoms with E-state index >= 15 is 0 Å². The zero-order chi connectivity index (χ0) is 41.9. The molecule has 0 atom stereocenters. The van der Waals surface area contributed by atoms with Gasteiger partial charge in [0.2, 0.25) is 0 Å². The third-order valence-electron chi connectivity index (χ3n) is 11.7. The number of furan rings is 2. The summed E-state index contributed by atoms with van der Waals surface area (Å²) in [7, 11) is 6.61. The predicted molar refractivity (Wildman–Crippen MR) is 252 cm³/mol. The summed E-state index contributed by atoms with van der Waals surface area (Å²) in [6.45, 7) is 0. The fourth-order valence-electron chi connectivity index (χ4n) is 8.76. The standard InChI is InChI=1S/C54H40N2O6/c1-57-47-21-19-41(29-53(47)59-3)55(37-11-7-5-8-12-37)39-17-15-33-25-43-45-31-52-46(32-51(45)61-49(43)27-35(33)23-39)44-26-34-16-18-40(24-36(34)28-50(44)62-52)56(38-13-9-6-10-14-38)42-20-22-48(58-2)54(30-42)60-4/h5-32H,1-4H3. The molecule has 0 bridgehead atoms. The molecule has 62 heavy (non-hydrogen) atoms. The van der Waals surface area contributed by atoms with Gasteiger partial charge in [-0.15, -0.1) is 0 Å². The van der Waals surface area contributed by atoms with Crippen LogP contribution in [0.15, 0.2) is 179 Å². The van der Waals surface area contributed by atoms with Gasteiger partial charge in [0, 0.05) is 56.4 Å². The molecule has 0 saturated heterocycles. The average molecular weight is 813 g/mol. The molecule has 0 aliphatic heterocycles. The highest BCUT2D eigenvalue weighted by atomic mass is 16.5. The first-order valence-electron chi connectivity index (χ1n) is 20.3. The van der Waals surface area contributed by atoms with Gasteiger partial charge >= 0.3 is 0 Å². The van der Waals surface area contributed by atoms with E-state index in [4.69, 9.17) is 27.8 Å². The molecule has 9 aromatic carbocycles. The summed E-state index contributed by atoms with van der Waals surface area (Å²) in [4.78, 5) is 4.43. The lowest BCUT2D eigenvalue weighted by Crippen LogP contribution is -2.10. The fourth-order valence-corrected chi connectivity index (χ4v) is 8.76. The van der Waals surface area contributed by atoms with Crippen LogP contribution < -0.4 is 28.7 Å². The van der Waals surface area contributed by atoms with Crippen molar-refractivity contribution in [1.29, 1.82) is 0 Å². The maximum Gasteiger partial charge on any atom is 0.162 e. The quantitative estimate of drug-likeness (QED) is 0.135. The summed E-state index contributed by atoms with van der Waals surface area (Å²) in [5, 5.41) is 8.42. The van der Waals surface area contributed by atoms with Crippen molar-refractivity contribution in [1.82, 2.24) is 0 Å². The van der Waals surface area contributed by atoms with Crippen LogP contribution in [0.3, 0.4) is 0 Å². The van der Waals surface area contributed by atoms with Gasteiger partial charge in [0.05, 0.1) is 39.8 Å². The fraction of sp³-hybridized carbons (Fsp3) is 0.0741. The van der Waals surface area contributed by atoms with Crippen LogP contribution in [0.2, 0.25) is 0 Å². The Balaban J connectivity index is 0.990. The highest BCUT2D eigenvalue weighted by Crippen LogP contribution is 2.44. The molecular weight excluding hydrogens is 773 g/mol. The van der Waals surface area contributed by atoms with E-state index < -0.39 is 0 Å². The maximum absolute atomic E-state index is 6.65. The third kappa shape index (κ3) is 6.15. The number of benzene rings is 9. The van der Waals surface area contributed by atoms with Crippen LogP contribution in [-0.4, -0.2) is 28.4 Å². The molecule has 0 fully saturated rings. The van der Waals surface area contributed by atoms with Crippen LogP contribution in [0.5, 0.6) is 23.0 Å². The van der Waals surface area contributed by atoms with Gasteiger partial charge in [-0.05, 0) is 131 Å². The number of hydrogen-bond acceptors (Lipinski definition) is 8. The van der Waals surface area contributed by atoms with Gasteiger partial charge in [-0.1, -0.05) is 48.5 Å². The number of para-hydroxylation sites is 2. The molecule has 302 valence electrons. The Morgan fingerprint density at radius 3 is 1.05 bits per heavy atom. The highest BCUT2D eigenvalue weighted by molar-refractivity contribution is 6.18. The van der Waals surface area contributed by atoms with Gasteiger partial charge in [0.15, 0.2) is 23.0 Å². The number of hydrogen-bond donors (Lipinski definition) is 0. The molecule has 11 aromatic rings. The second-order valence-corrected chi connectivity index (χ2v) is 15.2. The molecule has 8 nitrogen and oxygen atoms in total. The molecule has 0 N–H and O–H groups in total. The van der Waals surface area contributed by atoms with Crippen molar-refractivity contribution in [3.8, 4) is 23.0 Å². The minimum atomic E-state index is 0.661. The Bertz CT molecular complexity index is 3250. The van der Waals surface area contributed by atoms with E-state index in [-0.39, 0.29) is 0 Å². The van der Waals surface area contributed by atoms with Crippen molar-refractivity contribution < 1.29 is 27.8 Å². The van der Waals surface area contributed by atoms with Crippen molar-refractivity contribution in [3.63, 3.8) is 0 Å². The van der Waals surface area contributed by atoms with Crippen LogP contribution in [0, 0.1) is 0 Å². The van der Waals surface area contributed by atoms with Crippen molar-refractivity contribution >= 4 is 99.5 Å². The summed E-state index contributed by atoms with van der Waals surface area (Å²) in [6.07, 6.45) is 0. The predicted octanol–water partition coefficient (Wildman–Crippen LogP) is 14.8. The Morgan fingerprint density at radius 1 is 0.290 bits per heavy atom. The van der Waals surface area contributed by atoms with Crippen LogP contribution in [0.25, 0.3) is 65.4 Å². The van der Waals surface area contributed by atoms with Gasteiger partial charge in [0.1, 0.15) is 22.3 Å². The topological polar surface area (TPSA) is 69.7 Å². The molecule has 2 heterocycles. The molecule has 0 aliphatic rings. The first-order valence-corrected chi connectivity index (χ1v) is 20.3. The SMILES string of the molecule is COc1ccc(N(c2ccccc2)c2ccc3cc4c(cc3c2)oc2cc3c(cc24)oc2cc4cc(N(c5ccccc5)c5ccc(OC)c(OC)c5)ccc4cc23)cc1OC. The molecule has 0 unspecified atom stereocenters. The molecule has 8 heteroatoms. The number of ether oxygens (including phenoxy) is 4. The smallest absolute Gasteiger partial charge is 0.162 e. The molecule has 0 radical (unpaired) electrons. The van der Waals surface area contributed by atoms with Crippen LogP contribution in [0.4, 0.5) is 34.1 Å². The Labute approximate surface area is 357 Å². The van der Waals surface area contributed by atoms with Crippen molar-refractivity contribution in [2.45, 2.75) is 0 Å². The molecule has 2 aromatic heterocycles. The maximum atomic E-state index is 6.65. The monoisotopic (exact) mass is 812 g/mol. The highest BCUT2D eigenvalue weighted by Gasteiger charge is 2.20. The van der Waals surface area contributed by atoms with Crippen LogP contribution in [-0.2, 0) is 0 Å². The lowest BCUT2D eigenvalue weighted by Gasteiger charge is -2.26. The Hall–Kier alpha value is -8.10. The van der Waals surface area contributed by atoms with E-state index in [9.17, 15) is 0 Å². The molecular formula is C54H40N2O6. The van der Waals surface area contributed by atoms with Gasteiger partial charge in [-0.3, -0.25) is 0 Å². The second-order valence-electron chi connectivity index (χ2n) is 15.2. The largest absolute Gasteiger partial charge is 0.493 e. The first-order chi connectivity index (χ1) is 30.5. The minimum absolute atomic E-state index is 0.661. The van der Waals surface area contributed by atoms with Crippen molar-refractivity contribution in [2.24, 2.45) is 0 Å². The van der Waals surface area contributed by atoms with E-state index in [1.807, 2.05) is 72.8 Å². The molecule has 11 rings (SSSR count). The van der Waals surface area contributed by atoms with E-state index in [1.165, 1.54) is 0 Å². The summed E-state index contributed by atoms with van der Waals surface area (Å²) < 4.78 is 35.8. The van der Waals surface area contributed by atoms with Crippen LogP contribution >= 0.6 is 0 Å². The van der Waals surface area contributed by atoms with Crippen LogP contribution in [0.1, 0.15) is 0 Å². The first kappa shape index (κ1) is 36.9. The van der Waals surface area contributed by atoms with Crippen molar-refractivity contribution in [3.05, 3.63) is 170 Å². The number of nitrogens with zero attached hydrogens (tertiary/aromatic N) is 2. The molecule has 0 amide bonds. The Kier molecular flexibility index (Phi) is 8.86. The number of methoxy groups -OCH3 is 4. The zero-order valence-electron chi connectivity index (χ0n) is 34.5. The lowest BCUT2D eigenvalue weighted by atomic mass is 10.0. The lowest BCUT2D eigenvalue weighted by molar-refractivity contribution is 0.355. The van der Waals surface area contributed by atoms with Gasteiger partial charge in [-0.25, -0.2) is 0 Å². The van der Waals surface area contributed by atoms with Gasteiger partial charge in [-0.2, -0.15) is 0 Å². The van der Waals surface area contributed by atoms with E-state index in [1.54, 1.807) is 28.4 Å². The summed E-state index contributed by atoms with van der Waals surface area (Å²) in [5.41, 5.74) is 9.20. The van der Waals surface area contributed by atoms with E-state index in [0.717, 1.165) is 99.5 Å². The number of anilines is 6. The Morgan fingerprint density at radius 2 is 0.645 bits per heavy atom. The zero-order valence-corrected chi connectivity index (χ0v) is 34.5.